The molecule has 0 saturated heterocycles. The number of hydrogen-bond donors (Lipinski definition) is 4. The molecular formula is C84H118N6O4. The molecule has 0 amide bonds. The summed E-state index contributed by atoms with van der Waals surface area (Å²) in [6.07, 6.45) is 3.86. The highest BCUT2D eigenvalue weighted by Gasteiger charge is 2.23. The monoisotopic (exact) mass is 1270 g/mol. The lowest BCUT2D eigenvalue weighted by Crippen LogP contribution is -2.42. The average Bonchev–Trinajstić information content (AvgIpc) is 1.33. The van der Waals surface area contributed by atoms with E-state index >= 15 is 0 Å². The van der Waals surface area contributed by atoms with E-state index in [2.05, 4.69) is 326 Å². The highest BCUT2D eigenvalue weighted by atomic mass is 16.7. The molecule has 10 nitrogen and oxygen atoms in total. The summed E-state index contributed by atoms with van der Waals surface area (Å²) in [5.74, 6) is 2.51. The Balaban J connectivity index is 0.000000206. The van der Waals surface area contributed by atoms with Crippen LogP contribution in [0.3, 0.4) is 0 Å². The molecule has 8 aromatic carbocycles. The lowest BCUT2D eigenvalue weighted by molar-refractivity contribution is 0.0921. The van der Waals surface area contributed by atoms with Crippen molar-refractivity contribution in [3.05, 3.63) is 222 Å². The Labute approximate surface area is 569 Å². The molecule has 0 aromatic heterocycles. The molecule has 508 valence electrons. The first kappa shape index (κ1) is 76.9. The van der Waals surface area contributed by atoms with E-state index in [0.29, 0.717) is 6.79 Å². The minimum Gasteiger partial charge on any atom is -0.495 e. The van der Waals surface area contributed by atoms with Gasteiger partial charge < -0.3 is 40.2 Å². The predicted octanol–water partition coefficient (Wildman–Crippen LogP) is 21.4. The fourth-order valence-electron chi connectivity index (χ4n) is 10.6. The Hall–Kier alpha value is -7.76. The van der Waals surface area contributed by atoms with Gasteiger partial charge in [0.15, 0.2) is 11.5 Å². The number of methoxy groups -OCH3 is 2. The third-order valence-corrected chi connectivity index (χ3v) is 15.1. The van der Waals surface area contributed by atoms with Gasteiger partial charge in [0.05, 0.1) is 19.4 Å². The van der Waals surface area contributed by atoms with Crippen molar-refractivity contribution in [2.45, 2.75) is 197 Å². The molecule has 2 aliphatic rings. The molecule has 0 spiro atoms. The first-order valence-corrected chi connectivity index (χ1v) is 33.8. The van der Waals surface area contributed by atoms with Crippen LogP contribution in [-0.4, -0.2) is 83.7 Å². The Kier molecular flexibility index (Phi) is 29.6. The zero-order valence-electron chi connectivity index (χ0n) is 61.4. The summed E-state index contributed by atoms with van der Waals surface area (Å²) >= 11 is 0. The summed E-state index contributed by atoms with van der Waals surface area (Å²) in [5, 5.41) is 13.8. The van der Waals surface area contributed by atoms with Crippen LogP contribution in [0.1, 0.15) is 160 Å². The van der Waals surface area contributed by atoms with Gasteiger partial charge in [-0.25, -0.2) is 0 Å². The first-order chi connectivity index (χ1) is 44.2. The van der Waals surface area contributed by atoms with Gasteiger partial charge in [0.1, 0.15) is 5.75 Å². The second-order valence-corrected chi connectivity index (χ2v) is 30.4. The van der Waals surface area contributed by atoms with Crippen molar-refractivity contribution in [3.8, 4) is 39.5 Å². The minimum absolute atomic E-state index is 0.00257. The van der Waals surface area contributed by atoms with Crippen molar-refractivity contribution in [2.24, 2.45) is 0 Å². The van der Waals surface area contributed by atoms with Crippen molar-refractivity contribution in [2.75, 3.05) is 62.0 Å². The summed E-state index contributed by atoms with van der Waals surface area (Å²) in [6, 6.07) is 69.7. The molecule has 94 heavy (non-hydrogen) atoms. The summed E-state index contributed by atoms with van der Waals surface area (Å²) in [6.45, 7) is 46.8. The van der Waals surface area contributed by atoms with Gasteiger partial charge in [-0.2, -0.15) is 0 Å². The smallest absolute Gasteiger partial charge is 0.231 e. The molecule has 1 aliphatic carbocycles. The fourth-order valence-corrected chi connectivity index (χ4v) is 10.6. The number of hydrogen-bond acceptors (Lipinski definition) is 10. The van der Waals surface area contributed by atoms with Crippen LogP contribution in [0.15, 0.2) is 200 Å². The summed E-state index contributed by atoms with van der Waals surface area (Å²) in [7, 11) is 3.45. The van der Waals surface area contributed by atoms with Crippen molar-refractivity contribution < 1.29 is 18.9 Å². The summed E-state index contributed by atoms with van der Waals surface area (Å²) in [5.41, 5.74) is 16.0. The maximum absolute atomic E-state index is 5.42. The van der Waals surface area contributed by atoms with E-state index in [1.165, 1.54) is 58.3 Å². The Morgan fingerprint density at radius 2 is 0.809 bits per heavy atom. The molecule has 1 heterocycles. The zero-order chi connectivity index (χ0) is 69.2. The van der Waals surface area contributed by atoms with E-state index in [0.717, 1.165) is 67.1 Å². The average molecular weight is 1280 g/mol. The van der Waals surface area contributed by atoms with Crippen molar-refractivity contribution >= 4 is 22.7 Å². The first-order valence-electron chi connectivity index (χ1n) is 33.8. The van der Waals surface area contributed by atoms with Crippen LogP contribution in [0.4, 0.5) is 22.7 Å². The zero-order valence-corrected chi connectivity index (χ0v) is 61.4. The van der Waals surface area contributed by atoms with Crippen LogP contribution in [0.5, 0.6) is 17.2 Å². The number of fused-ring (bicyclic) bond motifs is 2. The number of benzene rings is 8. The number of likely N-dealkylation sites (N-methyl/N-ethyl adjacent to an activating group) is 1. The highest BCUT2D eigenvalue weighted by Crippen LogP contribution is 2.36. The quantitative estimate of drug-likeness (QED) is 0.0796. The van der Waals surface area contributed by atoms with Crippen molar-refractivity contribution in [1.82, 2.24) is 9.80 Å². The topological polar surface area (TPSA) is 91.5 Å². The lowest BCUT2D eigenvalue weighted by Gasteiger charge is -2.36. The SMILES string of the molecule is CC(C)(C)N(Cc1ccccc1)Cc1ccccc1.CC(C)(C)Nc1ccc(-c2ccccc2)cc1.CC(C)(C)Nc1ccc2c(c1)CCC2.CC(C)(C)Nc1ccc2c(c1)OCO2.CCN(CCOC)C(C)(C)C.COc1ccc(-c2ccccc2)cc1NC(C)(C)C. The third-order valence-electron chi connectivity index (χ3n) is 15.1. The van der Waals surface area contributed by atoms with E-state index in [9.17, 15) is 0 Å². The number of ether oxygens (including phenoxy) is 4. The Morgan fingerprint density at radius 1 is 0.394 bits per heavy atom. The number of anilines is 4. The molecule has 0 atom stereocenters. The molecule has 10 heteroatoms. The molecule has 4 N–H and O–H groups in total. The van der Waals surface area contributed by atoms with Crippen LogP contribution >= 0.6 is 0 Å². The largest absolute Gasteiger partial charge is 0.495 e. The molecule has 0 radical (unpaired) electrons. The maximum atomic E-state index is 5.42. The second kappa shape index (κ2) is 36.2. The highest BCUT2D eigenvalue weighted by molar-refractivity contribution is 5.72. The van der Waals surface area contributed by atoms with Gasteiger partial charge in [0, 0.05) is 83.1 Å². The molecular weight excluding hydrogens is 1160 g/mol. The van der Waals surface area contributed by atoms with Gasteiger partial charge in [-0.15, -0.1) is 0 Å². The number of aryl methyl sites for hydroxylation is 2. The molecule has 8 aromatic rings. The third kappa shape index (κ3) is 29.3. The van der Waals surface area contributed by atoms with Gasteiger partial charge in [-0.1, -0.05) is 153 Å². The number of nitrogens with one attached hydrogen (secondary N) is 4. The van der Waals surface area contributed by atoms with Gasteiger partial charge in [-0.3, -0.25) is 9.80 Å². The molecule has 0 fully saturated rings. The number of rotatable bonds is 15. The summed E-state index contributed by atoms with van der Waals surface area (Å²) in [4.78, 5) is 4.91. The van der Waals surface area contributed by atoms with Crippen LogP contribution in [0, 0.1) is 0 Å². The lowest BCUT2D eigenvalue weighted by atomic mass is 10.0. The normalized spacial score (nSPS) is 12.5. The molecule has 0 bridgehead atoms. The molecule has 1 aliphatic heterocycles. The Bertz CT molecular complexity index is 3300. The fraction of sp³-hybridized carbons (Fsp3) is 0.429. The van der Waals surface area contributed by atoms with E-state index in [1.54, 1.807) is 25.3 Å². The van der Waals surface area contributed by atoms with Crippen LogP contribution < -0.4 is 35.5 Å². The number of nitrogens with zero attached hydrogens (tertiary/aromatic N) is 2. The Morgan fingerprint density at radius 3 is 1.28 bits per heavy atom. The maximum Gasteiger partial charge on any atom is 0.231 e. The van der Waals surface area contributed by atoms with Crippen LogP contribution in [0.2, 0.25) is 0 Å². The summed E-state index contributed by atoms with van der Waals surface area (Å²) < 4.78 is 21.0. The predicted molar refractivity (Wildman–Crippen MR) is 406 cm³/mol. The molecule has 0 unspecified atom stereocenters. The van der Waals surface area contributed by atoms with E-state index < -0.39 is 0 Å². The van der Waals surface area contributed by atoms with Crippen LogP contribution in [0.25, 0.3) is 22.3 Å². The van der Waals surface area contributed by atoms with E-state index in [4.69, 9.17) is 18.9 Å². The van der Waals surface area contributed by atoms with Crippen molar-refractivity contribution in [1.29, 1.82) is 0 Å². The minimum atomic E-state index is 0.00257. The van der Waals surface area contributed by atoms with Gasteiger partial charge >= 0.3 is 0 Å². The molecule has 0 saturated carbocycles. The molecule has 10 rings (SSSR count). The standard InChI is InChI=1S/C18H23N.C17H21NO.C16H19N.C13H19N.C11H15NO2.C9H21NO/c1-18(2,3)19(14-16-10-6-4-7-11-16)15-17-12-8-5-9-13-17;1-17(2,3)18-15-12-14(10-11-16(15)19-4)13-8-6-5-7-9-13;1-16(2,3)17-15-11-9-14(10-12-15)13-7-5-4-6-8-13;1-13(2,3)14-12-8-7-10-5-4-6-11(10)9-12;1-11(2,3)12-8-4-5-9-10(6-8)14-7-13-9;1-6-10(7-8-11-5)9(2,3)4/h4-13H,14-15H2,1-3H3;5-12,18H,1-4H3;4-12,17H,1-3H3;7-9,14H,4-6H2,1-3H3;4-6,12H,7H2,1-3H3;6-8H2,1-5H3. The van der Waals surface area contributed by atoms with Gasteiger partial charge in [-0.05, 0) is 243 Å². The van der Waals surface area contributed by atoms with Gasteiger partial charge in [0.2, 0.25) is 6.79 Å². The van der Waals surface area contributed by atoms with E-state index in [-0.39, 0.29) is 33.2 Å². The second-order valence-electron chi connectivity index (χ2n) is 30.4. The van der Waals surface area contributed by atoms with Crippen LogP contribution in [-0.2, 0) is 30.7 Å². The van der Waals surface area contributed by atoms with Crippen molar-refractivity contribution in [3.63, 3.8) is 0 Å². The van der Waals surface area contributed by atoms with E-state index in [1.807, 2.05) is 36.4 Å². The van der Waals surface area contributed by atoms with Gasteiger partial charge in [0.25, 0.3) is 0 Å².